The lowest BCUT2D eigenvalue weighted by Gasteiger charge is -2.29. The molecule has 1 N–H and O–H groups in total. The molecule has 0 aromatic heterocycles. The molecule has 5 heteroatoms. The van der Waals surface area contributed by atoms with Gasteiger partial charge in [-0.1, -0.05) is 37.3 Å². The number of rotatable bonds is 3. The summed E-state index contributed by atoms with van der Waals surface area (Å²) in [5.74, 6) is 0. The molecular weight excluding hydrogens is 466 g/mol. The monoisotopic (exact) mass is 513 g/mol. The summed E-state index contributed by atoms with van der Waals surface area (Å²) in [7, 11) is 2.21. The Morgan fingerprint density at radius 2 is 1.43 bits per heavy atom. The fourth-order valence-corrected chi connectivity index (χ4v) is 4.73. The minimum Gasteiger partial charge on any atom is -0.375 e. The van der Waals surface area contributed by atoms with Crippen LogP contribution in [0, 0.1) is 0 Å². The molecule has 4 rings (SSSR count). The highest BCUT2D eigenvalue weighted by Gasteiger charge is 2.19. The number of benzene rings is 2. The Morgan fingerprint density at radius 1 is 0.914 bits per heavy atom. The lowest BCUT2D eigenvalue weighted by Crippen LogP contribution is -2.26. The molecule has 2 heterocycles. The van der Waals surface area contributed by atoms with Crippen LogP contribution in [0.25, 0.3) is 0 Å². The molecular formula is C30H47N3S2. The smallest absolute Gasteiger partial charge is 0.0547 e. The number of hydrogen-bond donors (Lipinski definition) is 1. The van der Waals surface area contributed by atoms with Crippen molar-refractivity contribution in [1.82, 2.24) is 0 Å². The quantitative estimate of drug-likeness (QED) is 0.350. The molecule has 2 aromatic rings. The SMILES string of the molecule is C=CC.C=CC.CCCCN1CCCCCN(C)c2ccc3c(c2)Nc2cc1ccc2S3.CSC. The van der Waals surface area contributed by atoms with Gasteiger partial charge in [0.05, 0.1) is 11.4 Å². The number of nitrogens with zero attached hydrogens (tertiary/aromatic N) is 2. The van der Waals surface area contributed by atoms with Gasteiger partial charge < -0.3 is 15.1 Å². The van der Waals surface area contributed by atoms with Crippen molar-refractivity contribution in [2.45, 2.75) is 62.7 Å². The van der Waals surface area contributed by atoms with Crippen LogP contribution in [0.2, 0.25) is 0 Å². The molecule has 2 aliphatic rings. The molecule has 0 saturated heterocycles. The molecule has 0 atom stereocenters. The van der Waals surface area contributed by atoms with E-state index in [9.17, 15) is 0 Å². The van der Waals surface area contributed by atoms with Crippen LogP contribution in [0.4, 0.5) is 22.7 Å². The second-order valence-corrected chi connectivity index (χ2v) is 10.5. The van der Waals surface area contributed by atoms with Gasteiger partial charge in [-0.05, 0) is 88.4 Å². The third-order valence-corrected chi connectivity index (χ3v) is 6.58. The first kappa shape index (κ1) is 31.1. The van der Waals surface area contributed by atoms with Crippen LogP contribution in [-0.4, -0.2) is 39.2 Å². The summed E-state index contributed by atoms with van der Waals surface area (Å²) in [6, 6.07) is 13.8. The number of fused-ring (bicyclic) bond motifs is 2. The molecule has 0 fully saturated rings. The van der Waals surface area contributed by atoms with E-state index in [1.807, 2.05) is 38.1 Å². The normalized spacial score (nSPS) is 13.5. The second-order valence-electron chi connectivity index (χ2n) is 8.64. The van der Waals surface area contributed by atoms with Gasteiger partial charge in [0.25, 0.3) is 0 Å². The molecule has 0 amide bonds. The van der Waals surface area contributed by atoms with Gasteiger partial charge in [0, 0.05) is 47.8 Å². The fourth-order valence-electron chi connectivity index (χ4n) is 3.78. The summed E-state index contributed by atoms with van der Waals surface area (Å²) in [5, 5.41) is 3.70. The highest BCUT2D eigenvalue weighted by Crippen LogP contribution is 2.46. The number of thioether (sulfide) groups is 1. The molecule has 0 radical (unpaired) electrons. The third-order valence-electron chi connectivity index (χ3n) is 5.42. The first-order valence-corrected chi connectivity index (χ1v) is 15.2. The van der Waals surface area contributed by atoms with Gasteiger partial charge in [0.1, 0.15) is 0 Å². The zero-order chi connectivity index (χ0) is 26.1. The summed E-state index contributed by atoms with van der Waals surface area (Å²) in [4.78, 5) is 7.61. The van der Waals surface area contributed by atoms with E-state index in [0.29, 0.717) is 0 Å². The molecule has 194 valence electrons. The summed E-state index contributed by atoms with van der Waals surface area (Å²) in [6.07, 6.45) is 13.9. The van der Waals surface area contributed by atoms with Gasteiger partial charge in [-0.15, -0.1) is 13.2 Å². The van der Waals surface area contributed by atoms with E-state index in [-0.39, 0.29) is 0 Å². The Hall–Kier alpha value is -1.98. The lowest BCUT2D eigenvalue weighted by molar-refractivity contribution is 0.633. The maximum absolute atomic E-state index is 3.70. The molecule has 35 heavy (non-hydrogen) atoms. The number of allylic oxidation sites excluding steroid dienone is 2. The van der Waals surface area contributed by atoms with Crippen LogP contribution < -0.4 is 15.1 Å². The maximum atomic E-state index is 3.70. The minimum atomic E-state index is 1.12. The Balaban J connectivity index is 0.000000597. The van der Waals surface area contributed by atoms with Crippen LogP contribution in [0.1, 0.15) is 52.9 Å². The summed E-state index contributed by atoms with van der Waals surface area (Å²) >= 11 is 3.63. The fraction of sp³-hybridized carbons (Fsp3) is 0.467. The van der Waals surface area contributed by atoms with E-state index in [1.165, 1.54) is 64.6 Å². The van der Waals surface area contributed by atoms with Crippen molar-refractivity contribution in [3.8, 4) is 0 Å². The minimum absolute atomic E-state index is 1.12. The van der Waals surface area contributed by atoms with E-state index in [2.05, 4.69) is 78.6 Å². The molecule has 2 aromatic carbocycles. The van der Waals surface area contributed by atoms with Crippen molar-refractivity contribution >= 4 is 46.3 Å². The van der Waals surface area contributed by atoms with Gasteiger partial charge in [-0.25, -0.2) is 0 Å². The van der Waals surface area contributed by atoms with Crippen molar-refractivity contribution in [3.05, 3.63) is 61.7 Å². The van der Waals surface area contributed by atoms with Crippen LogP contribution >= 0.6 is 23.5 Å². The van der Waals surface area contributed by atoms with Crippen LogP contribution in [0.3, 0.4) is 0 Å². The summed E-state index contributed by atoms with van der Waals surface area (Å²) in [5.41, 5.74) is 5.15. The average Bonchev–Trinajstić information content (AvgIpc) is 2.84. The average molecular weight is 514 g/mol. The van der Waals surface area contributed by atoms with Crippen molar-refractivity contribution < 1.29 is 0 Å². The summed E-state index contributed by atoms with van der Waals surface area (Å²) < 4.78 is 0. The predicted molar refractivity (Wildman–Crippen MR) is 166 cm³/mol. The predicted octanol–water partition coefficient (Wildman–Crippen LogP) is 9.49. The van der Waals surface area contributed by atoms with Crippen molar-refractivity contribution in [3.63, 3.8) is 0 Å². The van der Waals surface area contributed by atoms with E-state index < -0.39 is 0 Å². The van der Waals surface area contributed by atoms with Gasteiger partial charge >= 0.3 is 0 Å². The van der Waals surface area contributed by atoms with E-state index in [0.717, 1.165) is 19.6 Å². The highest BCUT2D eigenvalue weighted by molar-refractivity contribution is 7.99. The highest BCUT2D eigenvalue weighted by atomic mass is 32.2. The van der Waals surface area contributed by atoms with Crippen LogP contribution in [0.5, 0.6) is 0 Å². The molecule has 0 aliphatic carbocycles. The zero-order valence-electron chi connectivity index (χ0n) is 22.9. The standard InChI is InChI=1S/C22H29N3S.2C3H6.C2H6S/c1-3-4-13-25-14-7-5-6-12-24(2)17-8-10-21-19(15-17)23-20-16-18(25)9-11-22(20)26-21;3*1-3-2/h8-11,15-16,23H,3-7,12-14H2,1-2H3;2*3H,1H2,2H3;1-2H3. The molecule has 0 unspecified atom stereocenters. The Morgan fingerprint density at radius 3 is 2.00 bits per heavy atom. The van der Waals surface area contributed by atoms with Crippen molar-refractivity contribution in [1.29, 1.82) is 0 Å². The number of unbranched alkanes of at least 4 members (excludes halogenated alkanes) is 1. The van der Waals surface area contributed by atoms with Gasteiger partial charge in [0.15, 0.2) is 0 Å². The maximum Gasteiger partial charge on any atom is 0.0547 e. The largest absolute Gasteiger partial charge is 0.375 e. The van der Waals surface area contributed by atoms with E-state index >= 15 is 0 Å². The molecule has 0 saturated carbocycles. The molecule has 3 nitrogen and oxygen atoms in total. The molecule has 2 aliphatic heterocycles. The van der Waals surface area contributed by atoms with E-state index in [1.54, 1.807) is 23.9 Å². The number of anilines is 4. The van der Waals surface area contributed by atoms with Crippen molar-refractivity contribution in [2.75, 3.05) is 54.3 Å². The van der Waals surface area contributed by atoms with Gasteiger partial charge in [0.2, 0.25) is 0 Å². The van der Waals surface area contributed by atoms with Gasteiger partial charge in [-0.2, -0.15) is 11.8 Å². The first-order valence-electron chi connectivity index (χ1n) is 12.7. The van der Waals surface area contributed by atoms with Gasteiger partial charge in [-0.3, -0.25) is 0 Å². The van der Waals surface area contributed by atoms with Crippen LogP contribution in [-0.2, 0) is 0 Å². The summed E-state index contributed by atoms with van der Waals surface area (Å²) in [6.45, 7) is 16.2. The van der Waals surface area contributed by atoms with Crippen LogP contribution in [0.15, 0.2) is 71.5 Å². The Bertz CT molecular complexity index is 876. The van der Waals surface area contributed by atoms with Crippen molar-refractivity contribution in [2.24, 2.45) is 0 Å². The third kappa shape index (κ3) is 10.7. The first-order chi connectivity index (χ1) is 17.0. The molecule has 0 spiro atoms. The zero-order valence-corrected chi connectivity index (χ0v) is 24.5. The Labute approximate surface area is 224 Å². The second kappa shape index (κ2) is 18.3. The lowest BCUT2D eigenvalue weighted by atomic mass is 10.1. The number of hydrogen-bond acceptors (Lipinski definition) is 5. The van der Waals surface area contributed by atoms with E-state index in [4.69, 9.17) is 0 Å². The number of nitrogens with one attached hydrogen (secondary N) is 1. The topological polar surface area (TPSA) is 18.5 Å². The molecule has 4 bridgehead atoms. The Kier molecular flexibility index (Phi) is 16.2.